The van der Waals surface area contributed by atoms with Crippen LogP contribution in [0.1, 0.15) is 15.2 Å². The van der Waals surface area contributed by atoms with Crippen molar-refractivity contribution in [2.75, 3.05) is 19.1 Å². The highest BCUT2D eigenvalue weighted by Crippen LogP contribution is 2.32. The molecule has 2 heterocycles. The average Bonchev–Trinajstić information content (AvgIpc) is 3.17. The van der Waals surface area contributed by atoms with Gasteiger partial charge in [-0.1, -0.05) is 6.07 Å². The van der Waals surface area contributed by atoms with Gasteiger partial charge in [0.1, 0.15) is 0 Å². The van der Waals surface area contributed by atoms with Crippen molar-refractivity contribution in [2.24, 2.45) is 0 Å². The normalized spacial score (nSPS) is 12.4. The first-order chi connectivity index (χ1) is 10.3. The monoisotopic (exact) mass is 321 g/mol. The van der Waals surface area contributed by atoms with Crippen LogP contribution >= 0.6 is 23.1 Å². The second-order valence-corrected chi connectivity index (χ2v) is 6.59. The molecule has 0 aliphatic carbocycles. The zero-order valence-corrected chi connectivity index (χ0v) is 13.0. The fraction of sp³-hybridized carbons (Fsp3) is 0.267. The molecule has 1 amide bonds. The van der Waals surface area contributed by atoms with Crippen molar-refractivity contribution in [3.05, 3.63) is 46.2 Å². The van der Waals surface area contributed by atoms with Gasteiger partial charge in [-0.05, 0) is 29.6 Å². The molecule has 0 fully saturated rings. The number of nitrogens with one attached hydrogen (secondary N) is 1. The number of rotatable bonds is 6. The molecule has 4 nitrogen and oxygen atoms in total. The minimum absolute atomic E-state index is 0.0787. The van der Waals surface area contributed by atoms with Crippen LogP contribution in [0, 0.1) is 0 Å². The third-order valence-corrected chi connectivity index (χ3v) is 5.06. The fourth-order valence-corrected chi connectivity index (χ4v) is 3.64. The van der Waals surface area contributed by atoms with Crippen LogP contribution in [0.25, 0.3) is 0 Å². The number of benzene rings is 1. The summed E-state index contributed by atoms with van der Waals surface area (Å²) in [6.07, 6.45) is 0. The first-order valence-electron chi connectivity index (χ1n) is 6.61. The van der Waals surface area contributed by atoms with Gasteiger partial charge >= 0.3 is 0 Å². The zero-order valence-electron chi connectivity index (χ0n) is 11.3. The maximum Gasteiger partial charge on any atom is 0.251 e. The van der Waals surface area contributed by atoms with Crippen molar-refractivity contribution in [1.29, 1.82) is 0 Å². The Kier molecular flexibility index (Phi) is 4.67. The van der Waals surface area contributed by atoms with E-state index in [-0.39, 0.29) is 12.7 Å². The molecule has 1 aliphatic heterocycles. The van der Waals surface area contributed by atoms with Gasteiger partial charge in [0, 0.05) is 28.5 Å². The summed E-state index contributed by atoms with van der Waals surface area (Å²) >= 11 is 3.58. The fourth-order valence-electron chi connectivity index (χ4n) is 1.94. The molecule has 0 saturated heterocycles. The molecule has 21 heavy (non-hydrogen) atoms. The van der Waals surface area contributed by atoms with E-state index >= 15 is 0 Å². The first kappa shape index (κ1) is 14.3. The second-order valence-electron chi connectivity index (χ2n) is 4.46. The molecule has 1 N–H and O–H groups in total. The molecule has 0 saturated carbocycles. The number of hydrogen-bond donors (Lipinski definition) is 1. The van der Waals surface area contributed by atoms with Crippen LogP contribution in [0.2, 0.25) is 0 Å². The van der Waals surface area contributed by atoms with E-state index in [4.69, 9.17) is 9.47 Å². The van der Waals surface area contributed by atoms with E-state index < -0.39 is 0 Å². The van der Waals surface area contributed by atoms with Gasteiger partial charge in [-0.25, -0.2) is 0 Å². The van der Waals surface area contributed by atoms with Crippen LogP contribution in [0.5, 0.6) is 11.5 Å². The molecule has 6 heteroatoms. The zero-order chi connectivity index (χ0) is 14.5. The van der Waals surface area contributed by atoms with E-state index in [1.807, 2.05) is 11.8 Å². The predicted molar refractivity (Wildman–Crippen MR) is 85.4 cm³/mol. The summed E-state index contributed by atoms with van der Waals surface area (Å²) in [7, 11) is 0. The van der Waals surface area contributed by atoms with Crippen molar-refractivity contribution in [3.63, 3.8) is 0 Å². The van der Waals surface area contributed by atoms with E-state index in [0.717, 1.165) is 11.5 Å². The van der Waals surface area contributed by atoms with Gasteiger partial charge < -0.3 is 14.8 Å². The minimum Gasteiger partial charge on any atom is -0.454 e. The molecule has 0 radical (unpaired) electrons. The molecule has 0 atom stereocenters. The maximum absolute atomic E-state index is 12.0. The molecule has 1 aliphatic rings. The van der Waals surface area contributed by atoms with Crippen molar-refractivity contribution >= 4 is 29.0 Å². The van der Waals surface area contributed by atoms with Gasteiger partial charge in [0.2, 0.25) is 6.79 Å². The lowest BCUT2D eigenvalue weighted by atomic mass is 10.2. The number of ether oxygens (including phenoxy) is 2. The van der Waals surface area contributed by atoms with E-state index in [1.54, 1.807) is 29.5 Å². The quantitative estimate of drug-likeness (QED) is 0.830. The highest BCUT2D eigenvalue weighted by atomic mass is 32.2. The summed E-state index contributed by atoms with van der Waals surface area (Å²) < 4.78 is 10.5. The van der Waals surface area contributed by atoms with Gasteiger partial charge in [-0.15, -0.1) is 11.3 Å². The van der Waals surface area contributed by atoms with Crippen LogP contribution in [0.3, 0.4) is 0 Å². The maximum atomic E-state index is 12.0. The number of carbonyl (C=O) groups is 1. The van der Waals surface area contributed by atoms with Crippen LogP contribution in [0.4, 0.5) is 0 Å². The largest absolute Gasteiger partial charge is 0.454 e. The van der Waals surface area contributed by atoms with Crippen molar-refractivity contribution in [2.45, 2.75) is 5.75 Å². The Hall–Kier alpha value is -1.66. The smallest absolute Gasteiger partial charge is 0.251 e. The molecular formula is C15H15NO3S2. The molecule has 3 rings (SSSR count). The van der Waals surface area contributed by atoms with Gasteiger partial charge in [0.05, 0.1) is 0 Å². The second kappa shape index (κ2) is 6.87. The van der Waals surface area contributed by atoms with E-state index in [0.29, 0.717) is 23.6 Å². The van der Waals surface area contributed by atoms with Crippen LogP contribution in [-0.2, 0) is 5.75 Å². The molecule has 110 valence electrons. The number of thioether (sulfide) groups is 1. The number of thiophene rings is 1. The molecule has 0 unspecified atom stereocenters. The minimum atomic E-state index is -0.0787. The average molecular weight is 321 g/mol. The Morgan fingerprint density at radius 1 is 1.29 bits per heavy atom. The van der Waals surface area contributed by atoms with E-state index in [1.165, 1.54) is 4.88 Å². The Bertz CT molecular complexity index is 613. The Morgan fingerprint density at radius 3 is 3.05 bits per heavy atom. The number of amides is 1. The SMILES string of the molecule is O=C(NCCSCc1cccs1)c1ccc2c(c1)OCO2. The van der Waals surface area contributed by atoms with E-state index in [9.17, 15) is 4.79 Å². The lowest BCUT2D eigenvalue weighted by Gasteiger charge is -2.05. The van der Waals surface area contributed by atoms with Crippen molar-refractivity contribution in [3.8, 4) is 11.5 Å². The highest BCUT2D eigenvalue weighted by Gasteiger charge is 2.15. The summed E-state index contributed by atoms with van der Waals surface area (Å²) in [4.78, 5) is 13.4. The summed E-state index contributed by atoms with van der Waals surface area (Å²) in [5, 5.41) is 5.00. The van der Waals surface area contributed by atoms with Crippen LogP contribution in [0.15, 0.2) is 35.7 Å². The van der Waals surface area contributed by atoms with Crippen LogP contribution < -0.4 is 14.8 Å². The molecule has 0 bridgehead atoms. The third kappa shape index (κ3) is 3.71. The van der Waals surface area contributed by atoms with Crippen molar-refractivity contribution in [1.82, 2.24) is 5.32 Å². The summed E-state index contributed by atoms with van der Waals surface area (Å²) in [5.41, 5.74) is 0.600. The van der Waals surface area contributed by atoms with Crippen molar-refractivity contribution < 1.29 is 14.3 Å². The van der Waals surface area contributed by atoms with Gasteiger partial charge in [-0.3, -0.25) is 4.79 Å². The number of fused-ring (bicyclic) bond motifs is 1. The third-order valence-electron chi connectivity index (χ3n) is 2.99. The predicted octanol–water partition coefficient (Wildman–Crippen LogP) is 3.14. The summed E-state index contributed by atoms with van der Waals surface area (Å²) in [5.74, 6) is 3.14. The standard InChI is InChI=1S/C15H15NO3S2/c17-15(11-3-4-13-14(8-11)19-10-18-13)16-5-7-20-9-12-2-1-6-21-12/h1-4,6,8H,5,7,9-10H2,(H,16,17). The number of carbonyl (C=O) groups excluding carboxylic acids is 1. The van der Waals surface area contributed by atoms with Gasteiger partial charge in [0.25, 0.3) is 5.91 Å². The summed E-state index contributed by atoms with van der Waals surface area (Å²) in [6.45, 7) is 0.878. The molecule has 1 aromatic carbocycles. The van der Waals surface area contributed by atoms with Gasteiger partial charge in [0.15, 0.2) is 11.5 Å². The topological polar surface area (TPSA) is 47.6 Å². The molecule has 0 spiro atoms. The Morgan fingerprint density at radius 2 is 2.19 bits per heavy atom. The lowest BCUT2D eigenvalue weighted by molar-refractivity contribution is 0.0955. The molecule has 2 aromatic rings. The summed E-state index contributed by atoms with van der Waals surface area (Å²) in [6, 6.07) is 9.42. The Labute approximate surface area is 131 Å². The number of hydrogen-bond acceptors (Lipinski definition) is 5. The first-order valence-corrected chi connectivity index (χ1v) is 8.64. The molecular weight excluding hydrogens is 306 g/mol. The Balaban J connectivity index is 1.42. The lowest BCUT2D eigenvalue weighted by Crippen LogP contribution is -2.25. The van der Waals surface area contributed by atoms with Crippen LogP contribution in [-0.4, -0.2) is 25.0 Å². The van der Waals surface area contributed by atoms with Gasteiger partial charge in [-0.2, -0.15) is 11.8 Å². The molecule has 1 aromatic heterocycles. The van der Waals surface area contributed by atoms with E-state index in [2.05, 4.69) is 22.8 Å². The highest BCUT2D eigenvalue weighted by molar-refractivity contribution is 7.98.